The minimum atomic E-state index is -1.01. The van der Waals surface area contributed by atoms with Crippen LogP contribution in [-0.4, -0.2) is 48.7 Å². The van der Waals surface area contributed by atoms with Gasteiger partial charge in [0.05, 0.1) is 5.56 Å². The fourth-order valence-electron chi connectivity index (χ4n) is 6.22. The molecule has 8 nitrogen and oxygen atoms in total. The van der Waals surface area contributed by atoms with E-state index in [9.17, 15) is 19.2 Å². The summed E-state index contributed by atoms with van der Waals surface area (Å²) in [4.78, 5) is 50.7. The molecule has 1 amide bonds. The number of carbonyl (C=O) groups is 4. The minimum absolute atomic E-state index is 0.220. The van der Waals surface area contributed by atoms with Crippen molar-refractivity contribution < 1.29 is 33.4 Å². The lowest BCUT2D eigenvalue weighted by Crippen LogP contribution is -2.51. The van der Waals surface area contributed by atoms with E-state index in [1.165, 1.54) is 110 Å². The maximum absolute atomic E-state index is 13.6. The molecule has 0 radical (unpaired) electrons. The van der Waals surface area contributed by atoms with Crippen LogP contribution in [0.2, 0.25) is 0 Å². The zero-order valence-corrected chi connectivity index (χ0v) is 33.8. The quantitative estimate of drug-likeness (QED) is 0.0331. The van der Waals surface area contributed by atoms with E-state index in [0.717, 1.165) is 38.5 Å². The molecular formula is C45H73NO7. The van der Waals surface area contributed by atoms with E-state index in [2.05, 4.69) is 31.3 Å². The van der Waals surface area contributed by atoms with Crippen molar-refractivity contribution in [1.82, 2.24) is 5.32 Å². The predicted octanol–water partition coefficient (Wildman–Crippen LogP) is 11.3. The van der Waals surface area contributed by atoms with Gasteiger partial charge in [-0.1, -0.05) is 159 Å². The first kappa shape index (κ1) is 47.6. The number of hydrogen-bond acceptors (Lipinski definition) is 7. The van der Waals surface area contributed by atoms with Gasteiger partial charge in [-0.2, -0.15) is 0 Å². The van der Waals surface area contributed by atoms with Crippen molar-refractivity contribution in [3.8, 4) is 0 Å². The molecule has 1 aromatic carbocycles. The lowest BCUT2D eigenvalue weighted by molar-refractivity contribution is -0.155. The van der Waals surface area contributed by atoms with Crippen LogP contribution in [0.3, 0.4) is 0 Å². The number of carbonyl (C=O) groups excluding carboxylic acids is 4. The highest BCUT2D eigenvalue weighted by Crippen LogP contribution is 2.16. The molecule has 0 unspecified atom stereocenters. The average molecular weight is 740 g/mol. The largest absolute Gasteiger partial charge is 0.464 e. The molecule has 1 N–H and O–H groups in total. The second-order valence-electron chi connectivity index (χ2n) is 14.3. The Kier molecular flexibility index (Phi) is 29.8. The molecule has 0 aromatic heterocycles. The molecule has 0 saturated carbocycles. The van der Waals surface area contributed by atoms with E-state index >= 15 is 0 Å². The van der Waals surface area contributed by atoms with Crippen molar-refractivity contribution in [2.24, 2.45) is 0 Å². The molecule has 8 heteroatoms. The normalized spacial score (nSPS) is 13.1. The van der Waals surface area contributed by atoms with E-state index in [0.29, 0.717) is 18.4 Å². The molecular weight excluding hydrogens is 666 g/mol. The maximum atomic E-state index is 13.6. The molecule has 0 aliphatic heterocycles. The predicted molar refractivity (Wildman–Crippen MR) is 216 cm³/mol. The number of ether oxygens (including phenoxy) is 3. The minimum Gasteiger partial charge on any atom is -0.464 e. The number of unbranched alkanes of at least 4 members (excludes halogenated alkanes) is 19. The lowest BCUT2D eigenvalue weighted by atomic mass is 10.0. The van der Waals surface area contributed by atoms with Crippen LogP contribution >= 0.6 is 0 Å². The Morgan fingerprint density at radius 1 is 0.604 bits per heavy atom. The summed E-state index contributed by atoms with van der Waals surface area (Å²) < 4.78 is 16.7. The van der Waals surface area contributed by atoms with Crippen molar-refractivity contribution in [2.45, 2.75) is 194 Å². The molecule has 1 aromatic rings. The number of hydrogen-bond donors (Lipinski definition) is 1. The monoisotopic (exact) mass is 740 g/mol. The van der Waals surface area contributed by atoms with Gasteiger partial charge in [-0.15, -0.1) is 0 Å². The highest BCUT2D eigenvalue weighted by molar-refractivity contribution is 5.89. The SMILES string of the molecule is CCCCCCCCC/C=C\CC/C=C/[C@@H](OC(=O)c1ccccc1)[C@H](COC(C)=O)NC(=O)[C@@H](CCCCCCCCCCCCCC)OC(C)=O. The summed E-state index contributed by atoms with van der Waals surface area (Å²) in [6.07, 6.45) is 32.3. The second-order valence-corrected chi connectivity index (χ2v) is 14.3. The summed E-state index contributed by atoms with van der Waals surface area (Å²) in [5.74, 6) is -2.15. The summed E-state index contributed by atoms with van der Waals surface area (Å²) in [7, 11) is 0. The van der Waals surface area contributed by atoms with Crippen LogP contribution in [0.15, 0.2) is 54.6 Å². The molecule has 0 fully saturated rings. The first-order valence-electron chi connectivity index (χ1n) is 21.0. The van der Waals surface area contributed by atoms with E-state index in [1.807, 2.05) is 12.1 Å². The molecule has 0 bridgehead atoms. The van der Waals surface area contributed by atoms with Crippen LogP contribution in [0.4, 0.5) is 0 Å². The third-order valence-electron chi connectivity index (χ3n) is 9.33. The number of allylic oxidation sites excluding steroid dienone is 3. The number of nitrogens with one attached hydrogen (secondary N) is 1. The van der Waals surface area contributed by atoms with Crippen molar-refractivity contribution in [1.29, 1.82) is 0 Å². The van der Waals surface area contributed by atoms with Gasteiger partial charge in [0.1, 0.15) is 18.8 Å². The highest BCUT2D eigenvalue weighted by atomic mass is 16.6. The van der Waals surface area contributed by atoms with Gasteiger partial charge < -0.3 is 19.5 Å². The molecule has 1 rings (SSSR count). The van der Waals surface area contributed by atoms with Crippen LogP contribution in [0.25, 0.3) is 0 Å². The van der Waals surface area contributed by atoms with Crippen LogP contribution < -0.4 is 5.32 Å². The van der Waals surface area contributed by atoms with Crippen LogP contribution in [-0.2, 0) is 28.6 Å². The molecule has 0 aliphatic rings. The number of esters is 3. The van der Waals surface area contributed by atoms with Gasteiger partial charge in [0, 0.05) is 13.8 Å². The zero-order valence-electron chi connectivity index (χ0n) is 33.8. The smallest absolute Gasteiger partial charge is 0.338 e. The van der Waals surface area contributed by atoms with Crippen LogP contribution in [0.1, 0.15) is 186 Å². The van der Waals surface area contributed by atoms with E-state index in [4.69, 9.17) is 14.2 Å². The standard InChI is InChI=1S/C45H73NO7/c1-5-7-9-11-13-15-17-19-21-22-24-26-31-35-42(53-45(50)40-33-29-28-30-34-40)41(37-51-38(3)47)46-44(49)43(52-39(4)48)36-32-27-25-23-20-18-16-14-12-10-8-6-2/h21-22,28-31,33-35,41-43H,5-20,23-27,32,36-37H2,1-4H3,(H,46,49)/b22-21-,35-31+/t41-,42+,43+/m0/s1. The van der Waals surface area contributed by atoms with E-state index in [-0.39, 0.29) is 6.61 Å². The number of benzene rings is 1. The third-order valence-corrected chi connectivity index (χ3v) is 9.33. The third kappa shape index (κ3) is 26.9. The number of amides is 1. The van der Waals surface area contributed by atoms with Crippen LogP contribution in [0, 0.1) is 0 Å². The Hall–Kier alpha value is -3.42. The summed E-state index contributed by atoms with van der Waals surface area (Å²) >= 11 is 0. The van der Waals surface area contributed by atoms with Gasteiger partial charge in [-0.3, -0.25) is 14.4 Å². The fourth-order valence-corrected chi connectivity index (χ4v) is 6.22. The Balaban J connectivity index is 2.83. The fraction of sp³-hybridized carbons (Fsp3) is 0.689. The van der Waals surface area contributed by atoms with Crippen LogP contribution in [0.5, 0.6) is 0 Å². The number of rotatable bonds is 33. The van der Waals surface area contributed by atoms with Gasteiger partial charge in [0.25, 0.3) is 5.91 Å². The molecule has 53 heavy (non-hydrogen) atoms. The van der Waals surface area contributed by atoms with Gasteiger partial charge >= 0.3 is 17.9 Å². The first-order valence-corrected chi connectivity index (χ1v) is 21.0. The van der Waals surface area contributed by atoms with Gasteiger partial charge in [-0.25, -0.2) is 4.79 Å². The van der Waals surface area contributed by atoms with E-state index < -0.39 is 42.1 Å². The maximum Gasteiger partial charge on any atom is 0.338 e. The zero-order chi connectivity index (χ0) is 38.8. The van der Waals surface area contributed by atoms with Gasteiger partial charge in [-0.05, 0) is 56.7 Å². The molecule has 0 saturated heterocycles. The van der Waals surface area contributed by atoms with Gasteiger partial charge in [0.2, 0.25) is 0 Å². The van der Waals surface area contributed by atoms with Crippen molar-refractivity contribution in [3.63, 3.8) is 0 Å². The van der Waals surface area contributed by atoms with Gasteiger partial charge in [0.15, 0.2) is 6.10 Å². The summed E-state index contributed by atoms with van der Waals surface area (Å²) in [6, 6.07) is 7.72. The Morgan fingerprint density at radius 2 is 1.11 bits per heavy atom. The average Bonchev–Trinajstić information content (AvgIpc) is 3.14. The highest BCUT2D eigenvalue weighted by Gasteiger charge is 2.30. The first-order chi connectivity index (χ1) is 25.8. The molecule has 0 spiro atoms. The van der Waals surface area contributed by atoms with E-state index in [1.54, 1.807) is 30.3 Å². The summed E-state index contributed by atoms with van der Waals surface area (Å²) in [5, 5.41) is 2.89. The Bertz CT molecular complexity index is 1150. The summed E-state index contributed by atoms with van der Waals surface area (Å²) in [5.41, 5.74) is 0.363. The van der Waals surface area contributed by atoms with Crippen molar-refractivity contribution in [2.75, 3.05) is 6.61 Å². The van der Waals surface area contributed by atoms with Crippen molar-refractivity contribution >= 4 is 23.8 Å². The van der Waals surface area contributed by atoms with Crippen molar-refractivity contribution in [3.05, 3.63) is 60.2 Å². The lowest BCUT2D eigenvalue weighted by Gasteiger charge is -2.27. The molecule has 3 atom stereocenters. The Morgan fingerprint density at radius 3 is 1.66 bits per heavy atom. The second kappa shape index (κ2) is 33.2. The molecule has 0 heterocycles. The molecule has 300 valence electrons. The molecule has 0 aliphatic carbocycles. The Labute approximate surface area is 322 Å². The topological polar surface area (TPSA) is 108 Å². The summed E-state index contributed by atoms with van der Waals surface area (Å²) in [6.45, 7) is 6.83.